The highest BCUT2D eigenvalue weighted by atomic mass is 79.9. The van der Waals surface area contributed by atoms with E-state index in [-0.39, 0.29) is 17.1 Å². The van der Waals surface area contributed by atoms with Crippen LogP contribution in [0.2, 0.25) is 0 Å². The number of hydrogen-bond acceptors (Lipinski definition) is 2. The van der Waals surface area contributed by atoms with Gasteiger partial charge in [0.1, 0.15) is 10.7 Å². The minimum absolute atomic E-state index is 0.123. The van der Waals surface area contributed by atoms with Gasteiger partial charge in [0, 0.05) is 15.5 Å². The zero-order chi connectivity index (χ0) is 15.9. The summed E-state index contributed by atoms with van der Waals surface area (Å²) in [6.45, 7) is 0.273. The van der Waals surface area contributed by atoms with Gasteiger partial charge in [-0.1, -0.05) is 28.1 Å². The fourth-order valence-electron chi connectivity index (χ4n) is 2.60. The summed E-state index contributed by atoms with van der Waals surface area (Å²) in [5.41, 5.74) is 0.890. The maximum absolute atomic E-state index is 14.2. The van der Waals surface area contributed by atoms with Crippen molar-refractivity contribution < 1.29 is 12.8 Å². The molecule has 0 saturated carbocycles. The Bertz CT molecular complexity index is 839. The van der Waals surface area contributed by atoms with Crippen LogP contribution in [-0.2, 0) is 16.4 Å². The van der Waals surface area contributed by atoms with Crippen molar-refractivity contribution >= 4 is 47.6 Å². The Morgan fingerprint density at radius 3 is 2.68 bits per heavy atom. The lowest BCUT2D eigenvalue weighted by Gasteiger charge is -2.31. The number of anilines is 1. The quantitative estimate of drug-likeness (QED) is 0.678. The standard InChI is InChI=1S/C15H12Br2FNO2S/c16-11-6-7-12(17)14(9-11)22(20,21)19-8-2-4-10-3-1-5-13(18)15(10)19/h1,3,5-7,9H,2,4,8H2. The first kappa shape index (κ1) is 16.0. The smallest absolute Gasteiger partial charge is 0.263 e. The van der Waals surface area contributed by atoms with E-state index >= 15 is 0 Å². The number of hydrogen-bond donors (Lipinski definition) is 0. The van der Waals surface area contributed by atoms with E-state index in [4.69, 9.17) is 0 Å². The van der Waals surface area contributed by atoms with Gasteiger partial charge in [-0.15, -0.1) is 0 Å². The van der Waals surface area contributed by atoms with Crippen LogP contribution in [0.15, 0.2) is 50.2 Å². The average Bonchev–Trinajstić information content (AvgIpc) is 2.49. The average molecular weight is 449 g/mol. The molecule has 3 rings (SSSR count). The van der Waals surface area contributed by atoms with Gasteiger partial charge in [-0.25, -0.2) is 12.8 Å². The maximum atomic E-state index is 14.2. The largest absolute Gasteiger partial charge is 0.265 e. The topological polar surface area (TPSA) is 37.4 Å². The number of para-hydroxylation sites is 1. The Morgan fingerprint density at radius 2 is 1.91 bits per heavy atom. The Kier molecular flexibility index (Phi) is 4.31. The van der Waals surface area contributed by atoms with E-state index in [0.717, 1.165) is 5.56 Å². The Hall–Kier alpha value is -0.920. The summed E-state index contributed by atoms with van der Waals surface area (Å²) in [5, 5.41) is 0. The molecule has 22 heavy (non-hydrogen) atoms. The summed E-state index contributed by atoms with van der Waals surface area (Å²) < 4.78 is 42.5. The van der Waals surface area contributed by atoms with Gasteiger partial charge in [0.2, 0.25) is 0 Å². The van der Waals surface area contributed by atoms with Gasteiger partial charge in [-0.2, -0.15) is 0 Å². The van der Waals surface area contributed by atoms with Gasteiger partial charge in [0.15, 0.2) is 0 Å². The molecule has 0 N–H and O–H groups in total. The predicted molar refractivity (Wildman–Crippen MR) is 91.1 cm³/mol. The van der Waals surface area contributed by atoms with Crippen molar-refractivity contribution in [1.82, 2.24) is 0 Å². The molecular formula is C15H12Br2FNO2S. The van der Waals surface area contributed by atoms with Crippen LogP contribution in [0.3, 0.4) is 0 Å². The van der Waals surface area contributed by atoms with Gasteiger partial charge in [-0.05, 0) is 58.6 Å². The van der Waals surface area contributed by atoms with Gasteiger partial charge in [0.05, 0.1) is 5.69 Å². The normalized spacial score (nSPS) is 14.8. The summed E-state index contributed by atoms with van der Waals surface area (Å²) in [5.74, 6) is -0.508. The first-order valence-electron chi connectivity index (χ1n) is 6.66. The summed E-state index contributed by atoms with van der Waals surface area (Å²) >= 11 is 6.55. The first-order valence-corrected chi connectivity index (χ1v) is 9.69. The lowest BCUT2D eigenvalue weighted by atomic mass is 10.0. The minimum atomic E-state index is -3.83. The van der Waals surface area contributed by atoms with Gasteiger partial charge < -0.3 is 0 Å². The molecule has 0 bridgehead atoms. The molecule has 0 spiro atoms. The molecule has 0 aromatic heterocycles. The highest BCUT2D eigenvalue weighted by molar-refractivity contribution is 9.11. The molecule has 0 saturated heterocycles. The molecule has 7 heteroatoms. The van der Waals surface area contributed by atoms with E-state index in [2.05, 4.69) is 31.9 Å². The van der Waals surface area contributed by atoms with E-state index in [0.29, 0.717) is 21.8 Å². The number of rotatable bonds is 2. The van der Waals surface area contributed by atoms with Crippen LogP contribution in [-0.4, -0.2) is 15.0 Å². The van der Waals surface area contributed by atoms with Crippen LogP contribution in [0.25, 0.3) is 0 Å². The van der Waals surface area contributed by atoms with Crippen molar-refractivity contribution in [3.8, 4) is 0 Å². The zero-order valence-electron chi connectivity index (χ0n) is 11.4. The number of nitrogens with zero attached hydrogens (tertiary/aromatic N) is 1. The molecule has 0 fully saturated rings. The molecule has 2 aromatic rings. The minimum Gasteiger partial charge on any atom is -0.263 e. The zero-order valence-corrected chi connectivity index (χ0v) is 15.4. The number of halogens is 3. The molecular weight excluding hydrogens is 437 g/mol. The molecule has 0 aliphatic carbocycles. The van der Waals surface area contributed by atoms with E-state index in [1.165, 1.54) is 16.4 Å². The van der Waals surface area contributed by atoms with Crippen molar-refractivity contribution in [1.29, 1.82) is 0 Å². The summed E-state index contributed by atoms with van der Waals surface area (Å²) in [4.78, 5) is 0.123. The molecule has 0 atom stereocenters. The van der Waals surface area contributed by atoms with Gasteiger partial charge in [-0.3, -0.25) is 4.31 Å². The van der Waals surface area contributed by atoms with Crippen LogP contribution in [0, 0.1) is 5.82 Å². The number of fused-ring (bicyclic) bond motifs is 1. The number of aryl methyl sites for hydroxylation is 1. The second-order valence-corrected chi connectivity index (χ2v) is 8.60. The van der Waals surface area contributed by atoms with Crippen LogP contribution in [0.1, 0.15) is 12.0 Å². The number of sulfonamides is 1. The van der Waals surface area contributed by atoms with Crippen LogP contribution < -0.4 is 4.31 Å². The van der Waals surface area contributed by atoms with Gasteiger partial charge >= 0.3 is 0 Å². The second-order valence-electron chi connectivity index (χ2n) is 5.00. The molecule has 1 aliphatic heterocycles. The van der Waals surface area contributed by atoms with Crippen molar-refractivity contribution in [2.75, 3.05) is 10.8 Å². The Balaban J connectivity index is 2.18. The van der Waals surface area contributed by atoms with Crippen LogP contribution in [0.4, 0.5) is 10.1 Å². The van der Waals surface area contributed by atoms with E-state index in [9.17, 15) is 12.8 Å². The van der Waals surface area contributed by atoms with Crippen molar-refractivity contribution in [2.45, 2.75) is 17.7 Å². The van der Waals surface area contributed by atoms with Crippen molar-refractivity contribution in [3.63, 3.8) is 0 Å². The molecule has 0 unspecified atom stereocenters. The third kappa shape index (κ3) is 2.70. The monoisotopic (exact) mass is 447 g/mol. The first-order chi connectivity index (χ1) is 10.4. The predicted octanol–water partition coefficient (Wildman–Crippen LogP) is 4.49. The van der Waals surface area contributed by atoms with Crippen molar-refractivity contribution in [2.24, 2.45) is 0 Å². The third-order valence-electron chi connectivity index (χ3n) is 3.59. The molecule has 116 valence electrons. The number of benzene rings is 2. The third-order valence-corrected chi connectivity index (χ3v) is 6.87. The van der Waals surface area contributed by atoms with Crippen LogP contribution in [0.5, 0.6) is 0 Å². The van der Waals surface area contributed by atoms with Gasteiger partial charge in [0.25, 0.3) is 10.0 Å². The maximum Gasteiger partial charge on any atom is 0.265 e. The summed E-state index contributed by atoms with van der Waals surface area (Å²) in [7, 11) is -3.83. The fraction of sp³-hybridized carbons (Fsp3) is 0.200. The Labute approximate surface area is 145 Å². The van der Waals surface area contributed by atoms with Crippen LogP contribution >= 0.6 is 31.9 Å². The highest BCUT2D eigenvalue weighted by Gasteiger charge is 2.32. The molecule has 0 amide bonds. The summed E-state index contributed by atoms with van der Waals surface area (Å²) in [6, 6.07) is 9.60. The molecule has 2 aromatic carbocycles. The SMILES string of the molecule is O=S(=O)(c1cc(Br)ccc1Br)N1CCCc2cccc(F)c21. The fourth-order valence-corrected chi connectivity index (χ4v) is 5.61. The van der Waals surface area contributed by atoms with E-state index in [1.807, 2.05) is 0 Å². The summed E-state index contributed by atoms with van der Waals surface area (Å²) in [6.07, 6.45) is 1.35. The van der Waals surface area contributed by atoms with E-state index < -0.39 is 15.8 Å². The highest BCUT2D eigenvalue weighted by Crippen LogP contribution is 2.36. The molecule has 0 radical (unpaired) electrons. The Morgan fingerprint density at radius 1 is 1.14 bits per heavy atom. The molecule has 3 nitrogen and oxygen atoms in total. The molecule has 1 heterocycles. The molecule has 1 aliphatic rings. The lowest BCUT2D eigenvalue weighted by molar-refractivity contribution is 0.576. The lowest BCUT2D eigenvalue weighted by Crippen LogP contribution is -2.36. The van der Waals surface area contributed by atoms with E-state index in [1.54, 1.807) is 24.3 Å². The second kappa shape index (κ2) is 5.94. The van der Waals surface area contributed by atoms with Crippen molar-refractivity contribution in [3.05, 3.63) is 56.7 Å².